The molecule has 1 N–H and O–H groups in total. The Balaban J connectivity index is 2.32. The Labute approximate surface area is 165 Å². The number of methoxy groups -OCH3 is 1. The molecule has 0 spiro atoms. The van der Waals surface area contributed by atoms with Gasteiger partial charge in [-0.3, -0.25) is 14.3 Å². The zero-order chi connectivity index (χ0) is 20.0. The van der Waals surface area contributed by atoms with Crippen LogP contribution in [0.2, 0.25) is 0 Å². The van der Waals surface area contributed by atoms with Crippen molar-refractivity contribution in [1.82, 2.24) is 24.6 Å². The van der Waals surface area contributed by atoms with Crippen LogP contribution in [0.15, 0.2) is 36.9 Å². The van der Waals surface area contributed by atoms with E-state index in [0.717, 1.165) is 11.3 Å². The Kier molecular flexibility index (Phi) is 7.32. The minimum atomic E-state index is -0.0329. The molecular weight excluding hydrogens is 362 g/mol. The minimum absolute atomic E-state index is 0.0329. The average molecular weight is 390 g/mol. The standard InChI is InChI=1S/C19H27N5O2S/c1-6-11-23-18(15-9-7-8-10-16(15)26-5)21-24(19(23)27)13-22(4)12-17(25)20-14(2)3/h6-10,14H,1,11-13H2,2-5H3,(H,20,25). The molecule has 0 aliphatic carbocycles. The number of amides is 1. The summed E-state index contributed by atoms with van der Waals surface area (Å²) in [6.07, 6.45) is 1.78. The summed E-state index contributed by atoms with van der Waals surface area (Å²) in [6, 6.07) is 7.78. The minimum Gasteiger partial charge on any atom is -0.496 e. The number of ether oxygens (including phenoxy) is 1. The van der Waals surface area contributed by atoms with Gasteiger partial charge < -0.3 is 10.1 Å². The van der Waals surface area contributed by atoms with Gasteiger partial charge in [0, 0.05) is 12.6 Å². The molecule has 1 aromatic carbocycles. The Morgan fingerprint density at radius 1 is 1.44 bits per heavy atom. The van der Waals surface area contributed by atoms with E-state index in [1.54, 1.807) is 17.9 Å². The van der Waals surface area contributed by atoms with E-state index in [0.29, 0.717) is 23.8 Å². The predicted octanol–water partition coefficient (Wildman–Crippen LogP) is 2.69. The van der Waals surface area contributed by atoms with E-state index in [-0.39, 0.29) is 18.5 Å². The predicted molar refractivity (Wildman–Crippen MR) is 109 cm³/mol. The number of allylic oxidation sites excluding steroid dienone is 1. The molecule has 1 amide bonds. The van der Waals surface area contributed by atoms with Crippen molar-refractivity contribution >= 4 is 18.1 Å². The molecule has 0 aliphatic heterocycles. The van der Waals surface area contributed by atoms with Gasteiger partial charge in [-0.25, -0.2) is 4.68 Å². The van der Waals surface area contributed by atoms with Gasteiger partial charge in [0.05, 0.1) is 25.9 Å². The molecule has 0 saturated carbocycles. The lowest BCUT2D eigenvalue weighted by Gasteiger charge is -2.17. The van der Waals surface area contributed by atoms with Gasteiger partial charge >= 0.3 is 0 Å². The smallest absolute Gasteiger partial charge is 0.234 e. The molecule has 2 aromatic rings. The van der Waals surface area contributed by atoms with E-state index >= 15 is 0 Å². The first-order valence-electron chi connectivity index (χ1n) is 8.77. The van der Waals surface area contributed by atoms with Gasteiger partial charge in [-0.05, 0) is 45.2 Å². The van der Waals surface area contributed by atoms with Gasteiger partial charge in [-0.15, -0.1) is 6.58 Å². The molecule has 1 heterocycles. The van der Waals surface area contributed by atoms with Crippen LogP contribution >= 0.6 is 12.2 Å². The Morgan fingerprint density at radius 3 is 2.78 bits per heavy atom. The topological polar surface area (TPSA) is 64.3 Å². The highest BCUT2D eigenvalue weighted by Gasteiger charge is 2.17. The second-order valence-electron chi connectivity index (χ2n) is 6.58. The summed E-state index contributed by atoms with van der Waals surface area (Å²) in [7, 11) is 3.49. The number of hydrogen-bond acceptors (Lipinski definition) is 5. The van der Waals surface area contributed by atoms with Crippen molar-refractivity contribution in [3.05, 3.63) is 41.7 Å². The molecule has 0 bridgehead atoms. The number of nitrogens with zero attached hydrogens (tertiary/aromatic N) is 4. The lowest BCUT2D eigenvalue weighted by Crippen LogP contribution is -2.39. The molecule has 0 saturated heterocycles. The summed E-state index contributed by atoms with van der Waals surface area (Å²) in [5.41, 5.74) is 0.854. The fourth-order valence-corrected chi connectivity index (χ4v) is 3.01. The van der Waals surface area contributed by atoms with Crippen LogP contribution in [0.3, 0.4) is 0 Å². The summed E-state index contributed by atoms with van der Waals surface area (Å²) < 4.78 is 9.65. The van der Waals surface area contributed by atoms with Crippen LogP contribution in [0.4, 0.5) is 0 Å². The highest BCUT2D eigenvalue weighted by Crippen LogP contribution is 2.28. The maximum atomic E-state index is 12.0. The summed E-state index contributed by atoms with van der Waals surface area (Å²) >= 11 is 5.61. The third-order valence-electron chi connectivity index (χ3n) is 3.82. The SMILES string of the molecule is C=CCn1c(-c2ccccc2OC)nn(CN(C)CC(=O)NC(C)C)c1=S. The number of benzene rings is 1. The van der Waals surface area contributed by atoms with Crippen molar-refractivity contribution in [2.45, 2.75) is 33.1 Å². The Hall–Kier alpha value is -2.45. The molecular formula is C19H27N5O2S. The molecule has 0 aliphatic rings. The number of carbonyl (C=O) groups is 1. The van der Waals surface area contributed by atoms with Crippen molar-refractivity contribution in [2.75, 3.05) is 20.7 Å². The van der Waals surface area contributed by atoms with Crippen LogP contribution in [0.25, 0.3) is 11.4 Å². The second-order valence-corrected chi connectivity index (χ2v) is 6.95. The summed E-state index contributed by atoms with van der Waals surface area (Å²) in [5, 5.41) is 7.57. The highest BCUT2D eigenvalue weighted by atomic mass is 32.1. The Morgan fingerprint density at radius 2 is 2.15 bits per heavy atom. The molecule has 146 valence electrons. The highest BCUT2D eigenvalue weighted by molar-refractivity contribution is 7.71. The maximum absolute atomic E-state index is 12.0. The first-order valence-corrected chi connectivity index (χ1v) is 9.18. The fraction of sp³-hybridized carbons (Fsp3) is 0.421. The number of rotatable bonds is 9. The largest absolute Gasteiger partial charge is 0.496 e. The first kappa shape index (κ1) is 20.9. The van der Waals surface area contributed by atoms with E-state index in [1.807, 2.05) is 54.6 Å². The zero-order valence-corrected chi connectivity index (χ0v) is 17.1. The van der Waals surface area contributed by atoms with Crippen LogP contribution in [0.1, 0.15) is 13.8 Å². The number of para-hydroxylation sites is 1. The molecule has 27 heavy (non-hydrogen) atoms. The maximum Gasteiger partial charge on any atom is 0.234 e. The number of likely N-dealkylation sites (N-methyl/N-ethyl adjacent to an activating group) is 1. The normalized spacial score (nSPS) is 11.0. The van der Waals surface area contributed by atoms with Crippen molar-refractivity contribution < 1.29 is 9.53 Å². The van der Waals surface area contributed by atoms with Crippen LogP contribution < -0.4 is 10.1 Å². The molecule has 7 nitrogen and oxygen atoms in total. The number of hydrogen-bond donors (Lipinski definition) is 1. The second kappa shape index (κ2) is 9.48. The van der Waals surface area contributed by atoms with Crippen LogP contribution in [0.5, 0.6) is 5.75 Å². The average Bonchev–Trinajstić information content (AvgIpc) is 2.90. The van der Waals surface area contributed by atoms with Gasteiger partial charge in [0.25, 0.3) is 0 Å². The van der Waals surface area contributed by atoms with Gasteiger partial charge in [-0.2, -0.15) is 5.10 Å². The van der Waals surface area contributed by atoms with E-state index in [1.165, 1.54) is 0 Å². The lowest BCUT2D eigenvalue weighted by molar-refractivity contribution is -0.122. The molecule has 0 unspecified atom stereocenters. The molecule has 2 rings (SSSR count). The van der Waals surface area contributed by atoms with Crippen molar-refractivity contribution in [1.29, 1.82) is 0 Å². The van der Waals surface area contributed by atoms with Crippen LogP contribution in [-0.2, 0) is 18.0 Å². The molecule has 0 radical (unpaired) electrons. The Bertz CT molecular complexity index is 856. The van der Waals surface area contributed by atoms with Gasteiger partial charge in [0.1, 0.15) is 5.75 Å². The van der Waals surface area contributed by atoms with Crippen LogP contribution in [-0.4, -0.2) is 51.9 Å². The molecule has 0 fully saturated rings. The number of nitrogens with one attached hydrogen (secondary N) is 1. The van der Waals surface area contributed by atoms with Crippen LogP contribution in [0, 0.1) is 4.77 Å². The van der Waals surface area contributed by atoms with Crippen molar-refractivity contribution in [2.24, 2.45) is 0 Å². The van der Waals surface area contributed by atoms with Gasteiger partial charge in [-0.1, -0.05) is 18.2 Å². The third-order valence-corrected chi connectivity index (χ3v) is 4.25. The number of aromatic nitrogens is 3. The van der Waals surface area contributed by atoms with E-state index in [4.69, 9.17) is 17.0 Å². The molecule has 8 heteroatoms. The third kappa shape index (κ3) is 5.27. The van der Waals surface area contributed by atoms with E-state index < -0.39 is 0 Å². The van der Waals surface area contributed by atoms with Crippen molar-refractivity contribution in [3.8, 4) is 17.1 Å². The lowest BCUT2D eigenvalue weighted by atomic mass is 10.2. The van der Waals surface area contributed by atoms with E-state index in [2.05, 4.69) is 17.0 Å². The molecule has 0 atom stereocenters. The molecule has 1 aromatic heterocycles. The van der Waals surface area contributed by atoms with Gasteiger partial charge in [0.15, 0.2) is 10.6 Å². The van der Waals surface area contributed by atoms with E-state index in [9.17, 15) is 4.79 Å². The summed E-state index contributed by atoms with van der Waals surface area (Å²) in [6.45, 7) is 8.88. The summed E-state index contributed by atoms with van der Waals surface area (Å²) in [5.74, 6) is 1.39. The van der Waals surface area contributed by atoms with Gasteiger partial charge in [0.2, 0.25) is 5.91 Å². The van der Waals surface area contributed by atoms with Crippen molar-refractivity contribution in [3.63, 3.8) is 0 Å². The quantitative estimate of drug-likeness (QED) is 0.528. The first-order chi connectivity index (χ1) is 12.9. The fourth-order valence-electron chi connectivity index (χ4n) is 2.75. The number of carbonyl (C=O) groups excluding carboxylic acids is 1. The summed E-state index contributed by atoms with van der Waals surface area (Å²) in [4.78, 5) is 13.8. The zero-order valence-electron chi connectivity index (χ0n) is 16.3. The monoisotopic (exact) mass is 389 g/mol.